The van der Waals surface area contributed by atoms with Crippen LogP contribution >= 0.6 is 11.3 Å². The minimum Gasteiger partial charge on any atom is -0.454 e. The number of carbonyl (C=O) groups excluding carboxylic acids is 1. The molecule has 2 aromatic heterocycles. The van der Waals surface area contributed by atoms with Gasteiger partial charge in [-0.15, -0.1) is 11.3 Å². The average Bonchev–Trinajstić information content (AvgIpc) is 2.90. The fraction of sp³-hybridized carbons (Fsp3) is 0.611. The Balaban J connectivity index is 1.88. The summed E-state index contributed by atoms with van der Waals surface area (Å²) >= 11 is 1.61. The van der Waals surface area contributed by atoms with Crippen molar-refractivity contribution in [2.45, 2.75) is 65.4 Å². The van der Waals surface area contributed by atoms with Gasteiger partial charge in [0.2, 0.25) is 0 Å². The number of carbonyl (C=O) groups is 1. The third-order valence-electron chi connectivity index (χ3n) is 4.61. The number of aryl methyl sites for hydroxylation is 1. The Hall–Kier alpha value is -1.69. The lowest BCUT2D eigenvalue weighted by Gasteiger charge is -2.17. The maximum atomic E-state index is 12.5. The first kappa shape index (κ1) is 17.1. The number of aromatic amines is 1. The lowest BCUT2D eigenvalue weighted by Crippen LogP contribution is -2.18. The number of thiophene rings is 1. The Morgan fingerprint density at radius 1 is 1.50 bits per heavy atom. The minimum absolute atomic E-state index is 0.112. The van der Waals surface area contributed by atoms with Crippen LogP contribution in [0.15, 0.2) is 4.79 Å². The van der Waals surface area contributed by atoms with Crippen molar-refractivity contribution in [3.8, 4) is 0 Å². The van der Waals surface area contributed by atoms with Gasteiger partial charge >= 0.3 is 5.97 Å². The molecule has 2 atom stereocenters. The first-order valence-electron chi connectivity index (χ1n) is 8.73. The van der Waals surface area contributed by atoms with Gasteiger partial charge in [0.25, 0.3) is 5.56 Å². The Labute approximate surface area is 145 Å². The summed E-state index contributed by atoms with van der Waals surface area (Å²) in [5, 5.41) is 0.732. The summed E-state index contributed by atoms with van der Waals surface area (Å²) in [7, 11) is 0. The molecule has 0 unspecified atom stereocenters. The van der Waals surface area contributed by atoms with Crippen LogP contribution in [0.3, 0.4) is 0 Å². The van der Waals surface area contributed by atoms with Gasteiger partial charge in [0.05, 0.1) is 5.39 Å². The number of H-pyrrole nitrogens is 1. The van der Waals surface area contributed by atoms with Crippen molar-refractivity contribution in [1.82, 2.24) is 9.97 Å². The molecule has 0 spiro atoms. The molecule has 2 aromatic rings. The fourth-order valence-corrected chi connectivity index (χ4v) is 4.58. The molecule has 0 saturated carbocycles. The van der Waals surface area contributed by atoms with E-state index in [-0.39, 0.29) is 11.5 Å². The molecule has 130 valence electrons. The Kier molecular flexibility index (Phi) is 5.04. The summed E-state index contributed by atoms with van der Waals surface area (Å²) in [6, 6.07) is 0. The molecule has 3 rings (SSSR count). The van der Waals surface area contributed by atoms with Gasteiger partial charge in [-0.05, 0) is 44.1 Å². The number of hydrogen-bond donors (Lipinski definition) is 1. The molecule has 1 N–H and O–H groups in total. The number of rotatable bonds is 5. The predicted octanol–water partition coefficient (Wildman–Crippen LogP) is 3.90. The zero-order chi connectivity index (χ0) is 17.3. The van der Waals surface area contributed by atoms with Crippen LogP contribution in [0.1, 0.15) is 68.8 Å². The van der Waals surface area contributed by atoms with Crippen molar-refractivity contribution < 1.29 is 9.53 Å². The Morgan fingerprint density at radius 3 is 3.04 bits per heavy atom. The molecule has 0 amide bonds. The highest BCUT2D eigenvalue weighted by Gasteiger charge is 2.24. The highest BCUT2D eigenvalue weighted by molar-refractivity contribution is 7.18. The third kappa shape index (κ3) is 3.38. The number of hydrogen-bond acceptors (Lipinski definition) is 5. The van der Waals surface area contributed by atoms with Crippen LogP contribution in [0.25, 0.3) is 10.2 Å². The van der Waals surface area contributed by atoms with E-state index in [2.05, 4.69) is 16.9 Å². The fourth-order valence-electron chi connectivity index (χ4n) is 3.19. The molecule has 0 aromatic carbocycles. The zero-order valence-corrected chi connectivity index (χ0v) is 15.3. The van der Waals surface area contributed by atoms with Gasteiger partial charge in [0.15, 0.2) is 11.9 Å². The van der Waals surface area contributed by atoms with Crippen LogP contribution in [0.2, 0.25) is 0 Å². The smallest absolute Gasteiger partial charge is 0.306 e. The number of fused-ring (bicyclic) bond motifs is 3. The number of nitrogens with zero attached hydrogens (tertiary/aromatic N) is 1. The number of nitrogens with one attached hydrogen (secondary N) is 1. The van der Waals surface area contributed by atoms with E-state index in [1.54, 1.807) is 18.3 Å². The molecule has 1 aliphatic carbocycles. The first-order valence-corrected chi connectivity index (χ1v) is 9.55. The van der Waals surface area contributed by atoms with Crippen molar-refractivity contribution in [1.29, 1.82) is 0 Å². The van der Waals surface area contributed by atoms with Crippen LogP contribution in [-0.4, -0.2) is 15.9 Å². The van der Waals surface area contributed by atoms with Crippen LogP contribution < -0.4 is 5.56 Å². The van der Waals surface area contributed by atoms with Gasteiger partial charge in [-0.25, -0.2) is 4.98 Å². The molecule has 2 heterocycles. The van der Waals surface area contributed by atoms with Gasteiger partial charge in [-0.2, -0.15) is 0 Å². The van der Waals surface area contributed by atoms with Crippen LogP contribution in [0.5, 0.6) is 0 Å². The maximum absolute atomic E-state index is 12.5. The lowest BCUT2D eigenvalue weighted by molar-refractivity contribution is -0.149. The lowest BCUT2D eigenvalue weighted by atomic mass is 9.89. The maximum Gasteiger partial charge on any atom is 0.306 e. The van der Waals surface area contributed by atoms with E-state index in [9.17, 15) is 9.59 Å². The monoisotopic (exact) mass is 348 g/mol. The van der Waals surface area contributed by atoms with Crippen molar-refractivity contribution >= 4 is 27.5 Å². The van der Waals surface area contributed by atoms with Crippen molar-refractivity contribution in [3.05, 3.63) is 26.6 Å². The molecule has 0 fully saturated rings. The summed E-state index contributed by atoms with van der Waals surface area (Å²) in [5.41, 5.74) is 1.06. The molecule has 1 aliphatic rings. The van der Waals surface area contributed by atoms with Crippen molar-refractivity contribution in [3.63, 3.8) is 0 Å². The van der Waals surface area contributed by atoms with Gasteiger partial charge in [-0.3, -0.25) is 9.59 Å². The zero-order valence-electron chi connectivity index (χ0n) is 14.5. The van der Waals surface area contributed by atoms with Gasteiger partial charge < -0.3 is 9.72 Å². The SMILES string of the molecule is CCCCC(=O)O[C@@H](C)c1nc2sc3c(c2c(=O)[nH]1)CC[C@H](C)C3. The first-order chi connectivity index (χ1) is 11.5. The number of esters is 1. The average molecular weight is 348 g/mol. The second-order valence-electron chi connectivity index (χ2n) is 6.72. The van der Waals surface area contributed by atoms with Crippen LogP contribution in [0, 0.1) is 5.92 Å². The van der Waals surface area contributed by atoms with Crippen LogP contribution in [-0.2, 0) is 22.4 Å². The van der Waals surface area contributed by atoms with Gasteiger partial charge in [-0.1, -0.05) is 20.3 Å². The van der Waals surface area contributed by atoms with Crippen molar-refractivity contribution in [2.75, 3.05) is 0 Å². The van der Waals surface area contributed by atoms with Crippen LogP contribution in [0.4, 0.5) is 0 Å². The number of ether oxygens (including phenoxy) is 1. The summed E-state index contributed by atoms with van der Waals surface area (Å²) < 4.78 is 5.39. The summed E-state index contributed by atoms with van der Waals surface area (Å²) in [6.07, 6.45) is 4.71. The predicted molar refractivity (Wildman–Crippen MR) is 95.5 cm³/mol. The molecule has 0 radical (unpaired) electrons. The molecule has 0 bridgehead atoms. The van der Waals surface area contributed by atoms with E-state index in [0.29, 0.717) is 18.2 Å². The number of unbranched alkanes of at least 4 members (excludes halogenated alkanes) is 1. The molecular weight excluding hydrogens is 324 g/mol. The van der Waals surface area contributed by atoms with E-state index in [0.717, 1.165) is 42.3 Å². The highest BCUT2D eigenvalue weighted by Crippen LogP contribution is 2.35. The molecule has 0 saturated heterocycles. The Bertz CT molecular complexity index is 808. The quantitative estimate of drug-likeness (QED) is 0.832. The van der Waals surface area contributed by atoms with E-state index in [4.69, 9.17) is 4.74 Å². The second kappa shape index (κ2) is 7.05. The van der Waals surface area contributed by atoms with Gasteiger partial charge in [0, 0.05) is 11.3 Å². The van der Waals surface area contributed by atoms with Crippen molar-refractivity contribution in [2.24, 2.45) is 5.92 Å². The normalized spacial score (nSPS) is 18.4. The molecule has 6 heteroatoms. The van der Waals surface area contributed by atoms with E-state index in [1.807, 2.05) is 6.92 Å². The Morgan fingerprint density at radius 2 is 2.29 bits per heavy atom. The topological polar surface area (TPSA) is 72.0 Å². The largest absolute Gasteiger partial charge is 0.454 e. The van der Waals surface area contributed by atoms with Gasteiger partial charge in [0.1, 0.15) is 4.83 Å². The molecule has 0 aliphatic heterocycles. The second-order valence-corrected chi connectivity index (χ2v) is 7.80. The summed E-state index contributed by atoms with van der Waals surface area (Å²) in [5.74, 6) is 0.845. The third-order valence-corrected chi connectivity index (χ3v) is 5.76. The number of aromatic nitrogens is 2. The van der Waals surface area contributed by atoms with E-state index >= 15 is 0 Å². The van der Waals surface area contributed by atoms with E-state index < -0.39 is 6.10 Å². The standard InChI is InChI=1S/C18H24N2O3S/c1-4-5-6-14(21)23-11(3)16-19-17(22)15-12-8-7-10(2)9-13(12)24-18(15)20-16/h10-11H,4-9H2,1-3H3,(H,19,20,22)/t10-,11-/m0/s1. The molecule has 24 heavy (non-hydrogen) atoms. The molecule has 5 nitrogen and oxygen atoms in total. The summed E-state index contributed by atoms with van der Waals surface area (Å²) in [4.78, 5) is 33.8. The summed E-state index contributed by atoms with van der Waals surface area (Å²) in [6.45, 7) is 6.03. The minimum atomic E-state index is -0.537. The van der Waals surface area contributed by atoms with E-state index in [1.165, 1.54) is 10.4 Å². The highest BCUT2D eigenvalue weighted by atomic mass is 32.1. The molecular formula is C18H24N2O3S.